The second kappa shape index (κ2) is 7.91. The van der Waals surface area contributed by atoms with Gasteiger partial charge in [0, 0.05) is 46.3 Å². The number of carbonyl (C=O) groups excluding carboxylic acids is 2. The number of halogens is 1. The van der Waals surface area contributed by atoms with Crippen molar-refractivity contribution in [2.45, 2.75) is 31.6 Å². The predicted octanol–water partition coefficient (Wildman–Crippen LogP) is 4.88. The van der Waals surface area contributed by atoms with Crippen molar-refractivity contribution in [3.8, 4) is 11.5 Å². The number of Topliss-reactive ketones (excluding diaryl/α,β-unsaturated/α-hetero) is 1. The van der Waals surface area contributed by atoms with E-state index in [0.29, 0.717) is 34.9 Å². The smallest absolute Gasteiger partial charge is 0.232 e. The molecule has 0 N–H and O–H groups in total. The molecule has 4 rings (SSSR count). The number of ether oxygens (including phenoxy) is 2. The molecule has 1 heterocycles. The molecule has 1 unspecified atom stereocenters. The Morgan fingerprint density at radius 2 is 1.76 bits per heavy atom. The van der Waals surface area contributed by atoms with Crippen LogP contribution in [0.2, 0.25) is 5.02 Å². The Balaban J connectivity index is 1.88. The highest BCUT2D eigenvalue weighted by atomic mass is 35.5. The van der Waals surface area contributed by atoms with Gasteiger partial charge >= 0.3 is 0 Å². The van der Waals surface area contributed by atoms with E-state index in [1.54, 1.807) is 31.3 Å². The molecule has 5 nitrogen and oxygen atoms in total. The fraction of sp³-hybridized carbons (Fsp3) is 0.304. The number of hydrogen-bond donors (Lipinski definition) is 0. The molecule has 0 saturated carbocycles. The summed E-state index contributed by atoms with van der Waals surface area (Å²) in [6, 6.07) is 12.6. The van der Waals surface area contributed by atoms with Gasteiger partial charge in [-0.15, -0.1) is 0 Å². The number of ketones is 1. The van der Waals surface area contributed by atoms with Gasteiger partial charge in [0.05, 0.1) is 14.2 Å². The van der Waals surface area contributed by atoms with Crippen LogP contribution in [0.4, 0.5) is 5.69 Å². The lowest BCUT2D eigenvalue weighted by Crippen LogP contribution is -2.40. The highest BCUT2D eigenvalue weighted by Gasteiger charge is 2.40. The number of allylic oxidation sites excluding steroid dienone is 2. The molecule has 1 amide bonds. The lowest BCUT2D eigenvalue weighted by Gasteiger charge is -2.38. The molecule has 0 saturated heterocycles. The van der Waals surface area contributed by atoms with Gasteiger partial charge in [0.15, 0.2) is 5.78 Å². The molecule has 0 bridgehead atoms. The van der Waals surface area contributed by atoms with Crippen LogP contribution in [0.5, 0.6) is 11.5 Å². The Hall–Kier alpha value is -2.79. The Bertz CT molecular complexity index is 996. The molecule has 0 fully saturated rings. The second-order valence-corrected chi connectivity index (χ2v) is 7.64. The molecule has 1 aliphatic carbocycles. The van der Waals surface area contributed by atoms with E-state index in [9.17, 15) is 9.59 Å². The van der Waals surface area contributed by atoms with E-state index in [1.165, 1.54) is 0 Å². The van der Waals surface area contributed by atoms with Crippen molar-refractivity contribution in [3.63, 3.8) is 0 Å². The summed E-state index contributed by atoms with van der Waals surface area (Å²) in [5.74, 6) is 1.01. The molecule has 0 radical (unpaired) electrons. The van der Waals surface area contributed by atoms with Crippen LogP contribution in [-0.2, 0) is 9.59 Å². The molecule has 1 atom stereocenters. The molecule has 2 aromatic rings. The van der Waals surface area contributed by atoms with E-state index in [4.69, 9.17) is 21.1 Å². The molecule has 6 heteroatoms. The molecule has 0 spiro atoms. The fourth-order valence-corrected chi connectivity index (χ4v) is 4.39. The average molecular weight is 412 g/mol. The van der Waals surface area contributed by atoms with Crippen molar-refractivity contribution in [2.75, 3.05) is 19.1 Å². The van der Waals surface area contributed by atoms with E-state index >= 15 is 0 Å². The summed E-state index contributed by atoms with van der Waals surface area (Å²) in [5, 5.41) is 0.603. The topological polar surface area (TPSA) is 55.8 Å². The van der Waals surface area contributed by atoms with E-state index in [0.717, 1.165) is 23.4 Å². The van der Waals surface area contributed by atoms with Crippen LogP contribution in [0.3, 0.4) is 0 Å². The molecule has 1 aliphatic heterocycles. The third kappa shape index (κ3) is 3.51. The maximum absolute atomic E-state index is 13.3. The third-order valence-corrected chi connectivity index (χ3v) is 5.82. The van der Waals surface area contributed by atoms with Crippen LogP contribution >= 0.6 is 11.6 Å². The zero-order valence-corrected chi connectivity index (χ0v) is 17.2. The molecular weight excluding hydrogens is 390 g/mol. The first-order valence-electron chi connectivity index (χ1n) is 9.60. The van der Waals surface area contributed by atoms with E-state index in [2.05, 4.69) is 0 Å². The minimum absolute atomic E-state index is 0.0457. The Morgan fingerprint density at radius 3 is 2.45 bits per heavy atom. The number of rotatable bonds is 4. The lowest BCUT2D eigenvalue weighted by molar-refractivity contribution is -0.119. The van der Waals surface area contributed by atoms with Crippen LogP contribution in [0, 0.1) is 0 Å². The number of anilines is 1. The van der Waals surface area contributed by atoms with E-state index in [1.807, 2.05) is 30.3 Å². The molecule has 2 aliphatic rings. The highest BCUT2D eigenvalue weighted by Crippen LogP contribution is 2.46. The molecule has 150 valence electrons. The number of methoxy groups -OCH3 is 2. The first kappa shape index (κ1) is 19.5. The predicted molar refractivity (Wildman–Crippen MR) is 112 cm³/mol. The van der Waals surface area contributed by atoms with Crippen LogP contribution in [-0.4, -0.2) is 25.9 Å². The number of hydrogen-bond acceptors (Lipinski definition) is 4. The minimum Gasteiger partial charge on any atom is -0.497 e. The van der Waals surface area contributed by atoms with E-state index in [-0.39, 0.29) is 24.0 Å². The summed E-state index contributed by atoms with van der Waals surface area (Å²) in [5.41, 5.74) is 3.03. The largest absolute Gasteiger partial charge is 0.497 e. The third-order valence-electron chi connectivity index (χ3n) is 5.57. The van der Waals surface area contributed by atoms with E-state index < -0.39 is 0 Å². The van der Waals surface area contributed by atoms with Crippen molar-refractivity contribution >= 4 is 29.0 Å². The SMILES string of the molecule is COc1ccc(OC)c(C2CC(=O)N(c3ccc(Cl)cc3)C3=C2C(=O)CCC3)c1. The maximum atomic E-state index is 13.3. The molecule has 29 heavy (non-hydrogen) atoms. The van der Waals surface area contributed by atoms with Gasteiger partial charge in [-0.2, -0.15) is 0 Å². The van der Waals surface area contributed by atoms with Crippen LogP contribution in [0.25, 0.3) is 0 Å². The highest BCUT2D eigenvalue weighted by molar-refractivity contribution is 6.30. The average Bonchev–Trinajstić information content (AvgIpc) is 2.73. The normalized spacial score (nSPS) is 19.3. The number of carbonyl (C=O) groups is 2. The van der Waals surface area contributed by atoms with Gasteiger partial charge in [0.2, 0.25) is 5.91 Å². The quantitative estimate of drug-likeness (QED) is 0.719. The fourth-order valence-electron chi connectivity index (χ4n) is 4.26. The van der Waals surface area contributed by atoms with Crippen LogP contribution < -0.4 is 14.4 Å². The van der Waals surface area contributed by atoms with Gasteiger partial charge in [-0.1, -0.05) is 11.6 Å². The van der Waals surface area contributed by atoms with Crippen LogP contribution in [0.15, 0.2) is 53.7 Å². The Morgan fingerprint density at radius 1 is 1.00 bits per heavy atom. The maximum Gasteiger partial charge on any atom is 0.232 e. The number of benzene rings is 2. The first-order chi connectivity index (χ1) is 14.0. The van der Waals surface area contributed by atoms with Gasteiger partial charge in [-0.25, -0.2) is 0 Å². The molecular formula is C23H22ClNO4. The summed E-state index contributed by atoms with van der Waals surface area (Å²) in [7, 11) is 3.18. The summed E-state index contributed by atoms with van der Waals surface area (Å²) >= 11 is 6.02. The van der Waals surface area contributed by atoms with Crippen molar-refractivity contribution in [1.82, 2.24) is 0 Å². The lowest BCUT2D eigenvalue weighted by atomic mass is 9.76. The van der Waals surface area contributed by atoms with Gasteiger partial charge in [-0.3, -0.25) is 14.5 Å². The Labute approximate surface area is 174 Å². The summed E-state index contributed by atoms with van der Waals surface area (Å²) < 4.78 is 10.9. The summed E-state index contributed by atoms with van der Waals surface area (Å²) in [6.07, 6.45) is 2.09. The number of nitrogens with zero attached hydrogens (tertiary/aromatic N) is 1. The standard InChI is InChI=1S/C23H22ClNO4/c1-28-16-10-11-21(29-2)17(12-16)18-13-22(27)25(15-8-6-14(24)7-9-15)19-4-3-5-20(26)23(18)19/h6-12,18H,3-5,13H2,1-2H3. The van der Waals surface area contributed by atoms with Gasteiger partial charge in [0.1, 0.15) is 11.5 Å². The van der Waals surface area contributed by atoms with Crippen LogP contribution in [0.1, 0.15) is 37.2 Å². The minimum atomic E-state index is -0.348. The molecule has 2 aromatic carbocycles. The number of amides is 1. The van der Waals surface area contributed by atoms with Crippen molar-refractivity contribution < 1.29 is 19.1 Å². The summed E-state index contributed by atoms with van der Waals surface area (Å²) in [6.45, 7) is 0. The monoisotopic (exact) mass is 411 g/mol. The zero-order valence-electron chi connectivity index (χ0n) is 16.4. The van der Waals surface area contributed by atoms with Crippen molar-refractivity contribution in [3.05, 3.63) is 64.3 Å². The van der Waals surface area contributed by atoms with Gasteiger partial charge in [-0.05, 0) is 55.3 Å². The zero-order chi connectivity index (χ0) is 20.5. The molecule has 0 aromatic heterocycles. The first-order valence-corrected chi connectivity index (χ1v) is 9.98. The van der Waals surface area contributed by atoms with Crippen molar-refractivity contribution in [1.29, 1.82) is 0 Å². The van der Waals surface area contributed by atoms with Gasteiger partial charge < -0.3 is 9.47 Å². The van der Waals surface area contributed by atoms with Gasteiger partial charge in [0.25, 0.3) is 0 Å². The second-order valence-electron chi connectivity index (χ2n) is 7.21. The summed E-state index contributed by atoms with van der Waals surface area (Å²) in [4.78, 5) is 28.0. The van der Waals surface area contributed by atoms with Crippen molar-refractivity contribution in [2.24, 2.45) is 0 Å². The Kier molecular flexibility index (Phi) is 5.33.